The zero-order valence-electron chi connectivity index (χ0n) is 12.8. The Morgan fingerprint density at radius 2 is 1.42 bits per heavy atom. The molecule has 114 valence electrons. The van der Waals surface area contributed by atoms with E-state index < -0.39 is 0 Å². The maximum absolute atomic E-state index is 11.7. The minimum absolute atomic E-state index is 0.0787. The summed E-state index contributed by atoms with van der Waals surface area (Å²) < 4.78 is 5.28. The number of ether oxygens (including phenoxy) is 1. The Labute approximate surface area is 127 Å². The molecule has 0 aromatic carbocycles. The van der Waals surface area contributed by atoms with Gasteiger partial charge in [-0.2, -0.15) is 0 Å². The van der Waals surface area contributed by atoms with Crippen molar-refractivity contribution >= 4 is 21.9 Å². The molecule has 0 aromatic heterocycles. The summed E-state index contributed by atoms with van der Waals surface area (Å²) in [6, 6.07) is 0. The number of alkyl halides is 1. The van der Waals surface area contributed by atoms with E-state index >= 15 is 0 Å². The van der Waals surface area contributed by atoms with E-state index in [0.717, 1.165) is 19.3 Å². The zero-order chi connectivity index (χ0) is 14.3. The van der Waals surface area contributed by atoms with E-state index in [9.17, 15) is 4.79 Å². The van der Waals surface area contributed by atoms with Gasteiger partial charge in [0.25, 0.3) is 0 Å². The van der Waals surface area contributed by atoms with Crippen molar-refractivity contribution in [3.05, 3.63) is 0 Å². The van der Waals surface area contributed by atoms with Crippen LogP contribution in [0.1, 0.15) is 84.5 Å². The second-order valence-corrected chi connectivity index (χ2v) is 6.36. The van der Waals surface area contributed by atoms with E-state index in [1.165, 1.54) is 51.4 Å². The number of hydrogen-bond donors (Lipinski definition) is 0. The normalized spacial score (nSPS) is 12.4. The lowest BCUT2D eigenvalue weighted by Crippen LogP contribution is -2.18. The molecular formula is C16H31BrO2. The lowest BCUT2D eigenvalue weighted by molar-refractivity contribution is -0.143. The lowest BCUT2D eigenvalue weighted by atomic mass is 10.1. The number of halogens is 1. The van der Waals surface area contributed by atoms with Crippen LogP contribution >= 0.6 is 15.9 Å². The molecule has 1 unspecified atom stereocenters. The lowest BCUT2D eigenvalue weighted by Gasteiger charge is -2.10. The highest BCUT2D eigenvalue weighted by Gasteiger charge is 2.15. The third-order valence-corrected chi connectivity index (χ3v) is 4.14. The Kier molecular flexibility index (Phi) is 14.3. The van der Waals surface area contributed by atoms with Gasteiger partial charge in [-0.1, -0.05) is 87.6 Å². The number of hydrogen-bond acceptors (Lipinski definition) is 2. The molecule has 0 amide bonds. The van der Waals surface area contributed by atoms with Crippen LogP contribution < -0.4 is 0 Å². The van der Waals surface area contributed by atoms with Crippen molar-refractivity contribution in [2.24, 2.45) is 0 Å². The Morgan fingerprint density at radius 1 is 0.895 bits per heavy atom. The number of esters is 1. The van der Waals surface area contributed by atoms with Gasteiger partial charge in [0.2, 0.25) is 0 Å². The topological polar surface area (TPSA) is 26.3 Å². The summed E-state index contributed by atoms with van der Waals surface area (Å²) in [6.07, 6.45) is 13.1. The summed E-state index contributed by atoms with van der Waals surface area (Å²) in [7, 11) is 0. The quantitative estimate of drug-likeness (QED) is 0.248. The van der Waals surface area contributed by atoms with Gasteiger partial charge < -0.3 is 4.74 Å². The third-order valence-electron chi connectivity index (χ3n) is 3.31. The van der Waals surface area contributed by atoms with Gasteiger partial charge in [0.05, 0.1) is 6.61 Å². The van der Waals surface area contributed by atoms with Crippen molar-refractivity contribution in [2.45, 2.75) is 89.3 Å². The van der Waals surface area contributed by atoms with Crippen molar-refractivity contribution in [2.75, 3.05) is 6.61 Å². The van der Waals surface area contributed by atoms with Crippen LogP contribution in [0.5, 0.6) is 0 Å². The first-order valence-corrected chi connectivity index (χ1v) is 8.94. The van der Waals surface area contributed by atoms with Gasteiger partial charge in [0.1, 0.15) is 4.83 Å². The molecule has 0 fully saturated rings. The van der Waals surface area contributed by atoms with Gasteiger partial charge in [0, 0.05) is 0 Å². The fourth-order valence-electron chi connectivity index (χ4n) is 2.01. The smallest absolute Gasteiger partial charge is 0.319 e. The molecule has 0 aliphatic rings. The maximum atomic E-state index is 11.7. The molecule has 0 heterocycles. The molecule has 3 heteroatoms. The monoisotopic (exact) mass is 334 g/mol. The van der Waals surface area contributed by atoms with Gasteiger partial charge >= 0.3 is 5.97 Å². The highest BCUT2D eigenvalue weighted by molar-refractivity contribution is 9.10. The molecule has 0 radical (unpaired) electrons. The van der Waals surface area contributed by atoms with Crippen LogP contribution in [0.2, 0.25) is 0 Å². The Morgan fingerprint density at radius 3 is 2.05 bits per heavy atom. The molecule has 0 N–H and O–H groups in total. The van der Waals surface area contributed by atoms with Gasteiger partial charge in [-0.05, 0) is 12.8 Å². The molecule has 19 heavy (non-hydrogen) atoms. The van der Waals surface area contributed by atoms with Crippen molar-refractivity contribution in [1.82, 2.24) is 0 Å². The van der Waals surface area contributed by atoms with Crippen LogP contribution in [0.3, 0.4) is 0 Å². The van der Waals surface area contributed by atoms with E-state index in [0.29, 0.717) is 6.61 Å². The van der Waals surface area contributed by atoms with Crippen LogP contribution in [0.4, 0.5) is 0 Å². The number of carbonyl (C=O) groups is 1. The van der Waals surface area contributed by atoms with Gasteiger partial charge in [-0.3, -0.25) is 4.79 Å². The summed E-state index contributed by atoms with van der Waals surface area (Å²) in [6.45, 7) is 5.00. The molecular weight excluding hydrogens is 304 g/mol. The fourth-order valence-corrected chi connectivity index (χ4v) is 2.47. The number of rotatable bonds is 13. The maximum Gasteiger partial charge on any atom is 0.319 e. The van der Waals surface area contributed by atoms with Crippen LogP contribution in [0.25, 0.3) is 0 Å². The van der Waals surface area contributed by atoms with E-state index in [-0.39, 0.29) is 10.8 Å². The van der Waals surface area contributed by atoms with E-state index in [2.05, 4.69) is 29.8 Å². The van der Waals surface area contributed by atoms with Gasteiger partial charge in [0.15, 0.2) is 0 Å². The average Bonchev–Trinajstić information content (AvgIpc) is 2.42. The number of unbranched alkanes of at least 4 members (excludes halogenated alkanes) is 8. The summed E-state index contributed by atoms with van der Waals surface area (Å²) in [5, 5.41) is 0. The molecule has 0 saturated carbocycles. The molecule has 0 aliphatic heterocycles. The van der Waals surface area contributed by atoms with Crippen molar-refractivity contribution in [3.63, 3.8) is 0 Å². The predicted octanol–water partition coefficient (Wildman–Crippen LogP) is 5.62. The first-order chi connectivity index (χ1) is 9.22. The van der Waals surface area contributed by atoms with Crippen LogP contribution in [0, 0.1) is 0 Å². The summed E-state index contributed by atoms with van der Waals surface area (Å²) in [5.41, 5.74) is 0. The minimum atomic E-state index is -0.107. The fraction of sp³-hybridized carbons (Fsp3) is 0.938. The zero-order valence-corrected chi connectivity index (χ0v) is 14.3. The van der Waals surface area contributed by atoms with Crippen molar-refractivity contribution < 1.29 is 9.53 Å². The molecule has 0 aliphatic carbocycles. The molecule has 0 rings (SSSR count). The van der Waals surface area contributed by atoms with E-state index in [1.807, 2.05) is 0 Å². The van der Waals surface area contributed by atoms with Crippen LogP contribution in [-0.4, -0.2) is 17.4 Å². The first-order valence-electron chi connectivity index (χ1n) is 8.03. The van der Waals surface area contributed by atoms with E-state index in [1.54, 1.807) is 0 Å². The molecule has 0 bridgehead atoms. The summed E-state index contributed by atoms with van der Waals surface area (Å²) in [4.78, 5) is 11.6. The number of carbonyl (C=O) groups excluding carboxylic acids is 1. The third kappa shape index (κ3) is 12.7. The second kappa shape index (κ2) is 14.4. The Hall–Kier alpha value is -0.0500. The van der Waals surface area contributed by atoms with E-state index in [4.69, 9.17) is 4.74 Å². The molecule has 2 nitrogen and oxygen atoms in total. The summed E-state index contributed by atoms with van der Waals surface area (Å²) in [5.74, 6) is -0.0787. The highest BCUT2D eigenvalue weighted by Crippen LogP contribution is 2.14. The largest absolute Gasteiger partial charge is 0.465 e. The van der Waals surface area contributed by atoms with Gasteiger partial charge in [-0.25, -0.2) is 0 Å². The molecule has 0 spiro atoms. The first kappa shape index (κ1) is 18.9. The van der Waals surface area contributed by atoms with Crippen molar-refractivity contribution in [3.8, 4) is 0 Å². The Bertz CT molecular complexity index is 207. The Balaban J connectivity index is 3.36. The van der Waals surface area contributed by atoms with Crippen LogP contribution in [0.15, 0.2) is 0 Å². The standard InChI is InChI=1S/C16H31BrO2/c1-3-5-7-9-10-12-14-19-16(18)15(17)13-11-8-6-4-2/h15H,3-14H2,1-2H3. The molecule has 0 saturated heterocycles. The minimum Gasteiger partial charge on any atom is -0.465 e. The van der Waals surface area contributed by atoms with Gasteiger partial charge in [-0.15, -0.1) is 0 Å². The second-order valence-electron chi connectivity index (χ2n) is 5.25. The predicted molar refractivity (Wildman–Crippen MR) is 85.8 cm³/mol. The molecule has 0 aromatic rings. The van der Waals surface area contributed by atoms with Crippen LogP contribution in [-0.2, 0) is 9.53 Å². The molecule has 1 atom stereocenters. The summed E-state index contributed by atoms with van der Waals surface area (Å²) >= 11 is 3.42. The average molecular weight is 335 g/mol. The SMILES string of the molecule is CCCCCCCCOC(=O)C(Br)CCCCCC. The van der Waals surface area contributed by atoms with Crippen molar-refractivity contribution in [1.29, 1.82) is 0 Å². The highest BCUT2D eigenvalue weighted by atomic mass is 79.9.